The first-order valence-corrected chi connectivity index (χ1v) is 9.17. The van der Waals surface area contributed by atoms with Gasteiger partial charge >= 0.3 is 0 Å². The number of hydrogen-bond donors (Lipinski definition) is 1. The minimum Gasteiger partial charge on any atom is -0.497 e. The van der Waals surface area contributed by atoms with Crippen LogP contribution in [0.5, 0.6) is 11.5 Å². The SMILES string of the molecule is COc1ccc(OC)c(/C=C/C(=O)NCCCSc2ccc(F)cc2)c1. The maximum atomic E-state index is 12.8. The van der Waals surface area contributed by atoms with Crippen LogP contribution in [-0.2, 0) is 4.79 Å². The van der Waals surface area contributed by atoms with Crippen molar-refractivity contribution in [2.75, 3.05) is 26.5 Å². The van der Waals surface area contributed by atoms with Crippen LogP contribution in [0.1, 0.15) is 12.0 Å². The Hall–Kier alpha value is -2.47. The quantitative estimate of drug-likeness (QED) is 0.406. The van der Waals surface area contributed by atoms with Crippen molar-refractivity contribution >= 4 is 23.7 Å². The van der Waals surface area contributed by atoms with Crippen LogP contribution in [0.15, 0.2) is 53.4 Å². The molecule has 1 amide bonds. The molecule has 0 saturated heterocycles. The molecule has 2 aromatic carbocycles. The van der Waals surface area contributed by atoms with Crippen molar-refractivity contribution in [2.24, 2.45) is 0 Å². The number of rotatable bonds is 9. The number of carbonyl (C=O) groups excluding carboxylic acids is 1. The Kier molecular flexibility index (Phi) is 8.02. The second kappa shape index (κ2) is 10.5. The largest absolute Gasteiger partial charge is 0.497 e. The summed E-state index contributed by atoms with van der Waals surface area (Å²) in [5.41, 5.74) is 0.772. The van der Waals surface area contributed by atoms with E-state index in [2.05, 4.69) is 5.32 Å². The molecule has 0 aromatic heterocycles. The van der Waals surface area contributed by atoms with Crippen LogP contribution in [0.4, 0.5) is 4.39 Å². The fourth-order valence-corrected chi connectivity index (χ4v) is 3.05. The van der Waals surface area contributed by atoms with Crippen molar-refractivity contribution in [2.45, 2.75) is 11.3 Å². The van der Waals surface area contributed by atoms with Crippen molar-refractivity contribution in [3.8, 4) is 11.5 Å². The van der Waals surface area contributed by atoms with E-state index < -0.39 is 0 Å². The van der Waals surface area contributed by atoms with Gasteiger partial charge in [-0.3, -0.25) is 4.79 Å². The monoisotopic (exact) mass is 375 g/mol. The first-order valence-electron chi connectivity index (χ1n) is 8.18. The number of benzene rings is 2. The summed E-state index contributed by atoms with van der Waals surface area (Å²) in [7, 11) is 3.17. The number of amides is 1. The van der Waals surface area contributed by atoms with Crippen LogP contribution in [0.3, 0.4) is 0 Å². The highest BCUT2D eigenvalue weighted by Crippen LogP contribution is 2.25. The lowest BCUT2D eigenvalue weighted by atomic mass is 10.1. The second-order valence-electron chi connectivity index (χ2n) is 5.39. The van der Waals surface area contributed by atoms with Crippen LogP contribution in [0, 0.1) is 5.82 Å². The van der Waals surface area contributed by atoms with Crippen LogP contribution < -0.4 is 14.8 Å². The molecule has 0 fully saturated rings. The summed E-state index contributed by atoms with van der Waals surface area (Å²) in [5, 5.41) is 2.84. The number of methoxy groups -OCH3 is 2. The van der Waals surface area contributed by atoms with Gasteiger partial charge in [-0.1, -0.05) is 0 Å². The minimum absolute atomic E-state index is 0.165. The molecule has 138 valence electrons. The smallest absolute Gasteiger partial charge is 0.244 e. The molecule has 0 heterocycles. The molecule has 0 saturated carbocycles. The molecular formula is C20H22FNO3S. The maximum absolute atomic E-state index is 12.8. The number of thioether (sulfide) groups is 1. The van der Waals surface area contributed by atoms with Crippen molar-refractivity contribution in [1.29, 1.82) is 0 Å². The van der Waals surface area contributed by atoms with Crippen molar-refractivity contribution in [3.63, 3.8) is 0 Å². The first-order chi connectivity index (χ1) is 12.6. The zero-order chi connectivity index (χ0) is 18.8. The van der Waals surface area contributed by atoms with E-state index in [0.717, 1.165) is 22.6 Å². The van der Waals surface area contributed by atoms with Gasteiger partial charge in [-0.25, -0.2) is 4.39 Å². The fraction of sp³-hybridized carbons (Fsp3) is 0.250. The van der Waals surface area contributed by atoms with Gasteiger partial charge in [0.1, 0.15) is 17.3 Å². The third-order valence-electron chi connectivity index (χ3n) is 3.55. The Labute approximate surface area is 157 Å². The Morgan fingerprint density at radius 1 is 1.15 bits per heavy atom. The van der Waals surface area contributed by atoms with Gasteiger partial charge in [-0.2, -0.15) is 0 Å². The number of carbonyl (C=O) groups is 1. The predicted octanol–water partition coefficient (Wildman–Crippen LogP) is 4.15. The van der Waals surface area contributed by atoms with Gasteiger partial charge in [0.05, 0.1) is 14.2 Å². The summed E-state index contributed by atoms with van der Waals surface area (Å²) in [4.78, 5) is 12.9. The van der Waals surface area contributed by atoms with E-state index >= 15 is 0 Å². The fourth-order valence-electron chi connectivity index (χ4n) is 2.20. The molecule has 4 nitrogen and oxygen atoms in total. The molecule has 0 aliphatic heterocycles. The Bertz CT molecular complexity index is 747. The van der Waals surface area contributed by atoms with Crippen molar-refractivity contribution < 1.29 is 18.7 Å². The number of ether oxygens (including phenoxy) is 2. The third kappa shape index (κ3) is 6.44. The lowest BCUT2D eigenvalue weighted by molar-refractivity contribution is -0.116. The normalized spacial score (nSPS) is 10.7. The summed E-state index contributed by atoms with van der Waals surface area (Å²) in [6.45, 7) is 0.576. The Balaban J connectivity index is 1.74. The van der Waals surface area contributed by atoms with Gasteiger partial charge in [0.2, 0.25) is 5.91 Å². The summed E-state index contributed by atoms with van der Waals surface area (Å²) >= 11 is 1.63. The van der Waals surface area contributed by atoms with Gasteiger partial charge in [0, 0.05) is 23.1 Å². The standard InChI is InChI=1S/C20H22FNO3S/c1-24-17-7-10-19(25-2)15(14-17)4-11-20(23)22-12-3-13-26-18-8-5-16(21)6-9-18/h4-11,14H,3,12-13H2,1-2H3,(H,22,23)/b11-4+. The van der Waals surface area contributed by atoms with E-state index in [1.165, 1.54) is 18.2 Å². The van der Waals surface area contributed by atoms with Gasteiger partial charge in [-0.05, 0) is 60.7 Å². The van der Waals surface area contributed by atoms with Crippen LogP contribution in [-0.4, -0.2) is 32.4 Å². The van der Waals surface area contributed by atoms with Gasteiger partial charge in [-0.15, -0.1) is 11.8 Å². The average molecular weight is 375 g/mol. The van der Waals surface area contributed by atoms with Crippen LogP contribution in [0.25, 0.3) is 6.08 Å². The topological polar surface area (TPSA) is 47.6 Å². The van der Waals surface area contributed by atoms with E-state index in [0.29, 0.717) is 18.0 Å². The Morgan fingerprint density at radius 3 is 2.62 bits per heavy atom. The third-order valence-corrected chi connectivity index (χ3v) is 4.65. The number of halogens is 1. The van der Waals surface area contributed by atoms with Crippen LogP contribution >= 0.6 is 11.8 Å². The lowest BCUT2D eigenvalue weighted by Gasteiger charge is -2.07. The highest BCUT2D eigenvalue weighted by molar-refractivity contribution is 7.99. The van der Waals surface area contributed by atoms with Crippen molar-refractivity contribution in [3.05, 3.63) is 59.9 Å². The molecule has 26 heavy (non-hydrogen) atoms. The Morgan fingerprint density at radius 2 is 1.92 bits per heavy atom. The molecule has 0 radical (unpaired) electrons. The molecule has 6 heteroatoms. The summed E-state index contributed by atoms with van der Waals surface area (Å²) in [5.74, 6) is 1.82. The maximum Gasteiger partial charge on any atom is 0.244 e. The zero-order valence-corrected chi connectivity index (χ0v) is 15.6. The second-order valence-corrected chi connectivity index (χ2v) is 6.56. The predicted molar refractivity (Wildman–Crippen MR) is 103 cm³/mol. The first kappa shape index (κ1) is 19.8. The van der Waals surface area contributed by atoms with E-state index in [1.54, 1.807) is 56.3 Å². The van der Waals surface area contributed by atoms with E-state index in [1.807, 2.05) is 6.07 Å². The molecule has 0 aliphatic carbocycles. The molecule has 0 spiro atoms. The molecule has 0 atom stereocenters. The number of hydrogen-bond acceptors (Lipinski definition) is 4. The molecule has 1 N–H and O–H groups in total. The summed E-state index contributed by atoms with van der Waals surface area (Å²) in [6, 6.07) is 11.8. The average Bonchev–Trinajstić information content (AvgIpc) is 2.67. The number of nitrogens with one attached hydrogen (secondary N) is 1. The molecule has 2 aromatic rings. The molecule has 2 rings (SSSR count). The van der Waals surface area contributed by atoms with Gasteiger partial charge in [0.25, 0.3) is 0 Å². The molecular weight excluding hydrogens is 353 g/mol. The highest BCUT2D eigenvalue weighted by Gasteiger charge is 2.03. The highest BCUT2D eigenvalue weighted by atomic mass is 32.2. The minimum atomic E-state index is -0.235. The van der Waals surface area contributed by atoms with Gasteiger partial charge in [0.15, 0.2) is 0 Å². The zero-order valence-electron chi connectivity index (χ0n) is 14.8. The summed E-state index contributed by atoms with van der Waals surface area (Å²) in [6.07, 6.45) is 4.00. The lowest BCUT2D eigenvalue weighted by Crippen LogP contribution is -2.22. The van der Waals surface area contributed by atoms with E-state index in [-0.39, 0.29) is 11.7 Å². The van der Waals surface area contributed by atoms with Crippen molar-refractivity contribution in [1.82, 2.24) is 5.32 Å². The summed E-state index contributed by atoms with van der Waals surface area (Å²) < 4.78 is 23.3. The molecule has 0 bridgehead atoms. The van der Waals surface area contributed by atoms with Gasteiger partial charge < -0.3 is 14.8 Å². The van der Waals surface area contributed by atoms with E-state index in [9.17, 15) is 9.18 Å². The molecule has 0 aliphatic rings. The van der Waals surface area contributed by atoms with E-state index in [4.69, 9.17) is 9.47 Å². The van der Waals surface area contributed by atoms with Crippen LogP contribution in [0.2, 0.25) is 0 Å². The molecule has 0 unspecified atom stereocenters.